The fourth-order valence-corrected chi connectivity index (χ4v) is 2.84. The van der Waals surface area contributed by atoms with Crippen LogP contribution in [0.2, 0.25) is 4.34 Å². The number of hydrogen-bond donors (Lipinski definition) is 1. The summed E-state index contributed by atoms with van der Waals surface area (Å²) in [5.74, 6) is -0.514. The zero-order valence-electron chi connectivity index (χ0n) is 9.31. The van der Waals surface area contributed by atoms with E-state index in [1.54, 1.807) is 12.1 Å². The zero-order chi connectivity index (χ0) is 13.6. The number of H-pyrrole nitrogens is 1. The summed E-state index contributed by atoms with van der Waals surface area (Å²) in [6.45, 7) is 0. The van der Waals surface area contributed by atoms with Gasteiger partial charge in [-0.15, -0.1) is 11.3 Å². The summed E-state index contributed by atoms with van der Waals surface area (Å²) in [5, 5.41) is 0.660. The Labute approximate surface area is 114 Å². The first-order chi connectivity index (χ1) is 9.06. The molecule has 96 valence electrons. The molecule has 0 spiro atoms. The molecule has 2 aromatic heterocycles. The number of hydrogen-bond acceptors (Lipinski definition) is 3. The van der Waals surface area contributed by atoms with E-state index in [2.05, 4.69) is 4.98 Å². The van der Waals surface area contributed by atoms with Crippen LogP contribution in [-0.4, -0.2) is 9.55 Å². The van der Waals surface area contributed by atoms with Crippen LogP contribution >= 0.6 is 22.9 Å². The van der Waals surface area contributed by atoms with Crippen molar-refractivity contribution in [3.8, 4) is 5.00 Å². The molecule has 4 nitrogen and oxygen atoms in total. The Morgan fingerprint density at radius 1 is 1.21 bits per heavy atom. The van der Waals surface area contributed by atoms with Crippen LogP contribution in [0.4, 0.5) is 4.39 Å². The third-order valence-electron chi connectivity index (χ3n) is 2.64. The van der Waals surface area contributed by atoms with Crippen molar-refractivity contribution in [2.75, 3.05) is 0 Å². The van der Waals surface area contributed by atoms with E-state index in [4.69, 9.17) is 11.6 Å². The normalized spacial score (nSPS) is 11.1. The first kappa shape index (κ1) is 12.1. The molecule has 3 rings (SSSR count). The van der Waals surface area contributed by atoms with Gasteiger partial charge < -0.3 is 4.98 Å². The molecule has 7 heteroatoms. The number of halogens is 2. The second-order valence-electron chi connectivity index (χ2n) is 3.84. The van der Waals surface area contributed by atoms with E-state index in [1.165, 1.54) is 12.1 Å². The van der Waals surface area contributed by atoms with Crippen molar-refractivity contribution >= 4 is 33.8 Å². The van der Waals surface area contributed by atoms with Gasteiger partial charge in [0.05, 0.1) is 15.2 Å². The van der Waals surface area contributed by atoms with Gasteiger partial charge >= 0.3 is 5.69 Å². The number of rotatable bonds is 1. The summed E-state index contributed by atoms with van der Waals surface area (Å²) in [6, 6.07) is 6.81. The van der Waals surface area contributed by atoms with Gasteiger partial charge in [-0.25, -0.2) is 13.8 Å². The van der Waals surface area contributed by atoms with Crippen molar-refractivity contribution in [3.05, 3.63) is 61.3 Å². The number of nitrogens with zero attached hydrogens (tertiary/aromatic N) is 1. The summed E-state index contributed by atoms with van der Waals surface area (Å²) in [5.41, 5.74) is -0.951. The van der Waals surface area contributed by atoms with Gasteiger partial charge in [0.2, 0.25) is 0 Å². The zero-order valence-corrected chi connectivity index (χ0v) is 10.9. The van der Waals surface area contributed by atoms with Gasteiger partial charge in [0.15, 0.2) is 0 Å². The molecule has 0 aliphatic heterocycles. The fourth-order valence-electron chi connectivity index (χ4n) is 1.82. The van der Waals surface area contributed by atoms with Crippen LogP contribution in [0.3, 0.4) is 0 Å². The molecule has 3 aromatic rings. The number of benzene rings is 1. The van der Waals surface area contributed by atoms with E-state index in [1.807, 2.05) is 0 Å². The summed E-state index contributed by atoms with van der Waals surface area (Å²) in [4.78, 5) is 26.7. The molecular formula is C12H6ClFN2O2S. The van der Waals surface area contributed by atoms with Crippen LogP contribution in [0, 0.1) is 5.82 Å². The van der Waals surface area contributed by atoms with Gasteiger partial charge in [0, 0.05) is 0 Å². The van der Waals surface area contributed by atoms with Crippen LogP contribution in [0.25, 0.3) is 15.9 Å². The van der Waals surface area contributed by atoms with Gasteiger partial charge in [-0.05, 0) is 30.3 Å². The molecule has 19 heavy (non-hydrogen) atoms. The molecule has 0 amide bonds. The lowest BCUT2D eigenvalue weighted by molar-refractivity contribution is 0.629. The molecule has 0 atom stereocenters. The molecule has 1 N–H and O–H groups in total. The minimum absolute atomic E-state index is 0.175. The molecule has 0 aliphatic carbocycles. The summed E-state index contributed by atoms with van der Waals surface area (Å²) in [6.07, 6.45) is 0. The second kappa shape index (κ2) is 4.32. The van der Waals surface area contributed by atoms with E-state index in [0.717, 1.165) is 22.0 Å². The molecule has 2 heterocycles. The fraction of sp³-hybridized carbons (Fsp3) is 0. The second-order valence-corrected chi connectivity index (χ2v) is 5.53. The van der Waals surface area contributed by atoms with Crippen LogP contribution in [0.15, 0.2) is 39.9 Å². The van der Waals surface area contributed by atoms with Crippen molar-refractivity contribution in [2.45, 2.75) is 0 Å². The van der Waals surface area contributed by atoms with Crippen molar-refractivity contribution in [1.29, 1.82) is 0 Å². The lowest BCUT2D eigenvalue weighted by Crippen LogP contribution is -2.33. The van der Waals surface area contributed by atoms with Gasteiger partial charge in [0.25, 0.3) is 5.56 Å². The minimum Gasteiger partial charge on any atom is -0.306 e. The Hall–Kier alpha value is -1.92. The van der Waals surface area contributed by atoms with E-state index >= 15 is 0 Å². The van der Waals surface area contributed by atoms with E-state index in [-0.39, 0.29) is 10.9 Å². The maximum Gasteiger partial charge on any atom is 0.334 e. The van der Waals surface area contributed by atoms with Crippen molar-refractivity contribution in [1.82, 2.24) is 9.55 Å². The molecule has 0 saturated heterocycles. The highest BCUT2D eigenvalue weighted by atomic mass is 35.5. The Balaban J connectivity index is 2.41. The third kappa shape index (κ3) is 1.98. The highest BCUT2D eigenvalue weighted by molar-refractivity contribution is 7.18. The molecule has 0 radical (unpaired) electrons. The smallest absolute Gasteiger partial charge is 0.306 e. The number of thiophene rings is 1. The largest absolute Gasteiger partial charge is 0.334 e. The average Bonchev–Trinajstić information content (AvgIpc) is 2.75. The van der Waals surface area contributed by atoms with Crippen molar-refractivity contribution in [3.63, 3.8) is 0 Å². The SMILES string of the molecule is O=c1[nH]c2cc(F)ccc2c(=O)n1-c1ccc(Cl)s1. The van der Waals surface area contributed by atoms with Crippen LogP contribution in [0.5, 0.6) is 0 Å². The maximum atomic E-state index is 13.1. The van der Waals surface area contributed by atoms with Crippen LogP contribution < -0.4 is 11.2 Å². The van der Waals surface area contributed by atoms with Crippen molar-refractivity contribution < 1.29 is 4.39 Å². The standard InChI is InChI=1S/C12H6ClFN2O2S/c13-9-3-4-10(19-9)16-11(17)7-2-1-6(14)5-8(7)15-12(16)18/h1-5H,(H,15,18). The van der Waals surface area contributed by atoms with Crippen LogP contribution in [-0.2, 0) is 0 Å². The van der Waals surface area contributed by atoms with E-state index < -0.39 is 17.1 Å². The monoisotopic (exact) mass is 296 g/mol. The van der Waals surface area contributed by atoms with Crippen molar-refractivity contribution in [2.24, 2.45) is 0 Å². The lowest BCUT2D eigenvalue weighted by atomic mass is 10.2. The Morgan fingerprint density at radius 2 is 2.00 bits per heavy atom. The van der Waals surface area contributed by atoms with E-state index in [0.29, 0.717) is 9.34 Å². The highest BCUT2D eigenvalue weighted by Crippen LogP contribution is 2.23. The van der Waals surface area contributed by atoms with Gasteiger partial charge in [-0.1, -0.05) is 11.6 Å². The first-order valence-corrected chi connectivity index (χ1v) is 6.46. The molecule has 0 fully saturated rings. The maximum absolute atomic E-state index is 13.1. The quantitative estimate of drug-likeness (QED) is 0.750. The molecule has 0 bridgehead atoms. The predicted molar refractivity (Wildman–Crippen MR) is 73.0 cm³/mol. The first-order valence-electron chi connectivity index (χ1n) is 5.26. The molecule has 1 aromatic carbocycles. The van der Waals surface area contributed by atoms with Gasteiger partial charge in [-0.3, -0.25) is 4.79 Å². The summed E-state index contributed by atoms with van der Waals surface area (Å²) >= 11 is 6.91. The molecular weight excluding hydrogens is 291 g/mol. The minimum atomic E-state index is -0.624. The number of aromatic amines is 1. The highest BCUT2D eigenvalue weighted by Gasteiger charge is 2.11. The molecule has 0 aliphatic rings. The third-order valence-corrected chi connectivity index (χ3v) is 3.86. The summed E-state index contributed by atoms with van der Waals surface area (Å²) < 4.78 is 14.5. The van der Waals surface area contributed by atoms with Crippen LogP contribution in [0.1, 0.15) is 0 Å². The Morgan fingerprint density at radius 3 is 2.68 bits per heavy atom. The predicted octanol–water partition coefficient (Wildman–Crippen LogP) is 2.53. The average molecular weight is 297 g/mol. The summed E-state index contributed by atoms with van der Waals surface area (Å²) in [7, 11) is 0. The number of nitrogens with one attached hydrogen (secondary N) is 1. The Bertz CT molecular complexity index is 897. The van der Waals surface area contributed by atoms with Gasteiger partial charge in [0.1, 0.15) is 10.8 Å². The number of aromatic nitrogens is 2. The lowest BCUT2D eigenvalue weighted by Gasteiger charge is -2.03. The molecule has 0 unspecified atom stereocenters. The Kier molecular flexibility index (Phi) is 2.76. The number of fused-ring (bicyclic) bond motifs is 1. The van der Waals surface area contributed by atoms with E-state index in [9.17, 15) is 14.0 Å². The molecule has 0 saturated carbocycles. The van der Waals surface area contributed by atoms with Gasteiger partial charge in [-0.2, -0.15) is 0 Å². The topological polar surface area (TPSA) is 54.9 Å².